The number of carbonyl (C=O) groups is 1. The molecule has 0 aliphatic carbocycles. The largest absolute Gasteiger partial charge is 0.395 e. The topological polar surface area (TPSA) is 65.5 Å². The van der Waals surface area contributed by atoms with Crippen LogP contribution >= 0.6 is 0 Å². The van der Waals surface area contributed by atoms with Crippen molar-refractivity contribution in [2.24, 2.45) is 0 Å². The molecule has 0 saturated carbocycles. The van der Waals surface area contributed by atoms with Crippen molar-refractivity contribution in [3.05, 3.63) is 29.8 Å². The Labute approximate surface area is 117 Å². The fraction of sp³-hybridized carbons (Fsp3) is 0.571. The minimum absolute atomic E-state index is 0.123. The van der Waals surface area contributed by atoms with E-state index in [1.807, 2.05) is 0 Å². The molecule has 20 heavy (non-hydrogen) atoms. The molecule has 6 heteroatoms. The Balaban J connectivity index is 1.88. The van der Waals surface area contributed by atoms with Gasteiger partial charge in [0.15, 0.2) is 0 Å². The number of carbonyl (C=O) groups excluding carboxylic acids is 1. The maximum absolute atomic E-state index is 13.0. The van der Waals surface area contributed by atoms with Crippen LogP contribution < -0.4 is 5.32 Å². The van der Waals surface area contributed by atoms with E-state index in [0.717, 1.165) is 32.0 Å². The Bertz CT molecular complexity index is 454. The van der Waals surface area contributed by atoms with Crippen molar-refractivity contribution in [3.8, 4) is 0 Å². The summed E-state index contributed by atoms with van der Waals surface area (Å²) in [4.78, 5) is 17.8. The SMILES string of the molecule is O=C(NCC1CCCCN1CCO)c1cncc(F)c1. The average Bonchev–Trinajstić information content (AvgIpc) is 2.46. The van der Waals surface area contributed by atoms with Gasteiger partial charge in [0.2, 0.25) is 0 Å². The summed E-state index contributed by atoms with van der Waals surface area (Å²) < 4.78 is 13.0. The zero-order valence-electron chi connectivity index (χ0n) is 11.4. The van der Waals surface area contributed by atoms with Gasteiger partial charge in [0.05, 0.1) is 18.4 Å². The van der Waals surface area contributed by atoms with Gasteiger partial charge in [0, 0.05) is 25.3 Å². The monoisotopic (exact) mass is 281 g/mol. The van der Waals surface area contributed by atoms with Crippen LogP contribution in [0.4, 0.5) is 4.39 Å². The van der Waals surface area contributed by atoms with Gasteiger partial charge in [-0.2, -0.15) is 0 Å². The Morgan fingerprint density at radius 3 is 3.10 bits per heavy atom. The minimum Gasteiger partial charge on any atom is -0.395 e. The molecule has 0 bridgehead atoms. The summed E-state index contributed by atoms with van der Waals surface area (Å²) in [6, 6.07) is 1.41. The summed E-state index contributed by atoms with van der Waals surface area (Å²) in [7, 11) is 0. The van der Waals surface area contributed by atoms with Gasteiger partial charge in [0.1, 0.15) is 5.82 Å². The molecule has 1 unspecified atom stereocenters. The number of amides is 1. The second kappa shape index (κ2) is 7.31. The lowest BCUT2D eigenvalue weighted by molar-refractivity contribution is 0.0888. The average molecular weight is 281 g/mol. The fourth-order valence-corrected chi connectivity index (χ4v) is 2.56. The van der Waals surface area contributed by atoms with E-state index in [-0.39, 0.29) is 24.1 Å². The molecule has 2 rings (SSSR count). The van der Waals surface area contributed by atoms with E-state index in [2.05, 4.69) is 15.2 Å². The molecule has 1 amide bonds. The molecule has 1 aliphatic heterocycles. The highest BCUT2D eigenvalue weighted by Gasteiger charge is 2.22. The lowest BCUT2D eigenvalue weighted by Crippen LogP contribution is -2.47. The molecule has 0 aromatic carbocycles. The van der Waals surface area contributed by atoms with Crippen LogP contribution in [0.3, 0.4) is 0 Å². The highest BCUT2D eigenvalue weighted by Crippen LogP contribution is 2.16. The van der Waals surface area contributed by atoms with Crippen molar-refractivity contribution in [1.29, 1.82) is 0 Å². The summed E-state index contributed by atoms with van der Waals surface area (Å²) in [6.45, 7) is 2.21. The van der Waals surface area contributed by atoms with Crippen LogP contribution in [0.25, 0.3) is 0 Å². The van der Waals surface area contributed by atoms with Gasteiger partial charge in [-0.1, -0.05) is 6.42 Å². The van der Waals surface area contributed by atoms with E-state index in [1.165, 1.54) is 12.3 Å². The molecule has 1 aliphatic rings. The van der Waals surface area contributed by atoms with E-state index in [0.29, 0.717) is 13.1 Å². The number of aliphatic hydroxyl groups excluding tert-OH is 1. The molecule has 1 saturated heterocycles. The number of pyridine rings is 1. The lowest BCUT2D eigenvalue weighted by Gasteiger charge is -2.35. The molecule has 0 spiro atoms. The first-order valence-electron chi connectivity index (χ1n) is 6.94. The third-order valence-corrected chi connectivity index (χ3v) is 3.60. The smallest absolute Gasteiger partial charge is 0.253 e. The molecule has 110 valence electrons. The Kier molecular flexibility index (Phi) is 5.43. The Morgan fingerprint density at radius 2 is 2.35 bits per heavy atom. The second-order valence-corrected chi connectivity index (χ2v) is 5.01. The first kappa shape index (κ1) is 14.9. The van der Waals surface area contributed by atoms with E-state index < -0.39 is 5.82 Å². The highest BCUT2D eigenvalue weighted by molar-refractivity contribution is 5.93. The van der Waals surface area contributed by atoms with Crippen molar-refractivity contribution in [2.75, 3.05) is 26.2 Å². The lowest BCUT2D eigenvalue weighted by atomic mass is 10.0. The number of nitrogens with one attached hydrogen (secondary N) is 1. The van der Waals surface area contributed by atoms with Gasteiger partial charge in [-0.05, 0) is 25.5 Å². The normalized spacial score (nSPS) is 19.8. The molecule has 2 N–H and O–H groups in total. The molecule has 5 nitrogen and oxygen atoms in total. The molecule has 0 radical (unpaired) electrons. The number of aliphatic hydroxyl groups is 1. The molecular formula is C14H20FN3O2. The molecular weight excluding hydrogens is 261 g/mol. The highest BCUT2D eigenvalue weighted by atomic mass is 19.1. The van der Waals surface area contributed by atoms with Crippen LogP contribution in [-0.4, -0.2) is 53.2 Å². The van der Waals surface area contributed by atoms with Gasteiger partial charge in [-0.3, -0.25) is 14.7 Å². The Morgan fingerprint density at radius 1 is 1.50 bits per heavy atom. The molecule has 2 heterocycles. The summed E-state index contributed by atoms with van der Waals surface area (Å²) in [5, 5.41) is 11.9. The molecule has 1 atom stereocenters. The first-order valence-corrected chi connectivity index (χ1v) is 6.94. The molecule has 1 aromatic rings. The molecule has 1 fully saturated rings. The number of rotatable bonds is 5. The van der Waals surface area contributed by atoms with E-state index in [9.17, 15) is 9.18 Å². The predicted octanol–water partition coefficient (Wildman–Crippen LogP) is 0.797. The van der Waals surface area contributed by atoms with Crippen LogP contribution in [0.5, 0.6) is 0 Å². The summed E-state index contributed by atoms with van der Waals surface area (Å²) >= 11 is 0. The van der Waals surface area contributed by atoms with E-state index >= 15 is 0 Å². The number of hydrogen-bond donors (Lipinski definition) is 2. The number of piperidine rings is 1. The maximum atomic E-state index is 13.0. The maximum Gasteiger partial charge on any atom is 0.253 e. The van der Waals surface area contributed by atoms with Gasteiger partial charge < -0.3 is 10.4 Å². The third-order valence-electron chi connectivity index (χ3n) is 3.60. The van der Waals surface area contributed by atoms with Crippen LogP contribution in [0.15, 0.2) is 18.5 Å². The van der Waals surface area contributed by atoms with Gasteiger partial charge in [0.25, 0.3) is 5.91 Å². The van der Waals surface area contributed by atoms with Gasteiger partial charge in [-0.15, -0.1) is 0 Å². The van der Waals surface area contributed by atoms with E-state index in [4.69, 9.17) is 5.11 Å². The van der Waals surface area contributed by atoms with Crippen LogP contribution in [0.1, 0.15) is 29.6 Å². The van der Waals surface area contributed by atoms with Gasteiger partial charge >= 0.3 is 0 Å². The zero-order valence-corrected chi connectivity index (χ0v) is 11.4. The number of nitrogens with zero attached hydrogens (tertiary/aromatic N) is 2. The van der Waals surface area contributed by atoms with Crippen molar-refractivity contribution >= 4 is 5.91 Å². The number of aromatic nitrogens is 1. The number of β-amino-alcohol motifs (C(OH)–C–C–N with tert-alkyl or cyclic N) is 1. The Hall–Kier alpha value is -1.53. The van der Waals surface area contributed by atoms with E-state index in [1.54, 1.807) is 0 Å². The quantitative estimate of drug-likeness (QED) is 0.838. The second-order valence-electron chi connectivity index (χ2n) is 5.01. The fourth-order valence-electron chi connectivity index (χ4n) is 2.56. The first-order chi connectivity index (χ1) is 9.70. The zero-order chi connectivity index (χ0) is 14.4. The van der Waals surface area contributed by atoms with Crippen molar-refractivity contribution in [1.82, 2.24) is 15.2 Å². The van der Waals surface area contributed by atoms with Gasteiger partial charge in [-0.25, -0.2) is 4.39 Å². The van der Waals surface area contributed by atoms with Crippen LogP contribution in [0.2, 0.25) is 0 Å². The number of halogens is 1. The number of hydrogen-bond acceptors (Lipinski definition) is 4. The summed E-state index contributed by atoms with van der Waals surface area (Å²) in [6.07, 6.45) is 5.68. The third kappa shape index (κ3) is 3.98. The molecule has 1 aromatic heterocycles. The van der Waals surface area contributed by atoms with Crippen molar-refractivity contribution in [2.45, 2.75) is 25.3 Å². The number of likely N-dealkylation sites (tertiary alicyclic amines) is 1. The summed E-state index contributed by atoms with van der Waals surface area (Å²) in [5.74, 6) is -0.830. The summed E-state index contributed by atoms with van der Waals surface area (Å²) in [5.41, 5.74) is 0.231. The van der Waals surface area contributed by atoms with Crippen molar-refractivity contribution in [3.63, 3.8) is 0 Å². The minimum atomic E-state index is -0.516. The van der Waals surface area contributed by atoms with Crippen LogP contribution in [0, 0.1) is 5.82 Å². The van der Waals surface area contributed by atoms with Crippen molar-refractivity contribution < 1.29 is 14.3 Å². The predicted molar refractivity (Wildman–Crippen MR) is 72.8 cm³/mol. The standard InChI is InChI=1S/C14H20FN3O2/c15-12-7-11(8-16-9-12)14(20)17-10-13-3-1-2-4-18(13)5-6-19/h7-9,13,19H,1-6,10H2,(H,17,20). The van der Waals surface area contributed by atoms with Crippen LogP contribution in [-0.2, 0) is 0 Å².